The molecule has 21 heavy (non-hydrogen) atoms. The first-order chi connectivity index (χ1) is 9.77. The number of benzene rings is 1. The van der Waals surface area contributed by atoms with E-state index < -0.39 is 11.8 Å². The Bertz CT molecular complexity index is 547. The number of carbonyl (C=O) groups excluding carboxylic acids is 2. The van der Waals surface area contributed by atoms with Gasteiger partial charge in [-0.25, -0.2) is 9.18 Å². The summed E-state index contributed by atoms with van der Waals surface area (Å²) in [6.45, 7) is 1.84. The molecule has 0 atom stereocenters. The van der Waals surface area contributed by atoms with Crippen molar-refractivity contribution in [3.63, 3.8) is 0 Å². The highest BCUT2D eigenvalue weighted by molar-refractivity contribution is 5.96. The number of ether oxygens (including phenoxy) is 1. The molecule has 116 valence electrons. The number of hydrogen-bond donors (Lipinski definition) is 1. The molecule has 0 aromatic heterocycles. The molecule has 0 saturated heterocycles. The summed E-state index contributed by atoms with van der Waals surface area (Å²) in [5, 5.41) is 0. The van der Waals surface area contributed by atoms with Crippen molar-refractivity contribution in [2.24, 2.45) is 0 Å². The van der Waals surface area contributed by atoms with Gasteiger partial charge in [0.25, 0.3) is 0 Å². The summed E-state index contributed by atoms with van der Waals surface area (Å²) in [5.74, 6) is -1.41. The lowest BCUT2D eigenvalue weighted by Crippen LogP contribution is -2.34. The zero-order valence-corrected chi connectivity index (χ0v) is 12.6. The number of amides is 1. The summed E-state index contributed by atoms with van der Waals surface area (Å²) in [6, 6.07) is 2.35. The molecule has 0 bridgehead atoms. The van der Waals surface area contributed by atoms with E-state index in [0.717, 1.165) is 6.07 Å². The molecule has 0 unspecified atom stereocenters. The van der Waals surface area contributed by atoms with E-state index in [1.165, 1.54) is 15.9 Å². The minimum absolute atomic E-state index is 0.00189. The van der Waals surface area contributed by atoms with Gasteiger partial charge in [-0.05, 0) is 19.1 Å². The number of likely N-dealkylation sites (N-methyl/N-ethyl adjacent to an activating group) is 2. The Morgan fingerprint density at radius 3 is 2.43 bits per heavy atom. The molecule has 7 heteroatoms. The molecule has 1 aromatic rings. The van der Waals surface area contributed by atoms with Crippen LogP contribution in [0.15, 0.2) is 12.1 Å². The second-order valence-electron chi connectivity index (χ2n) is 4.76. The van der Waals surface area contributed by atoms with Crippen molar-refractivity contribution in [3.05, 3.63) is 23.5 Å². The molecule has 0 aliphatic heterocycles. The van der Waals surface area contributed by atoms with Gasteiger partial charge < -0.3 is 20.3 Å². The van der Waals surface area contributed by atoms with Gasteiger partial charge in [-0.2, -0.15) is 0 Å². The first-order valence-electron chi connectivity index (χ1n) is 6.45. The van der Waals surface area contributed by atoms with Crippen LogP contribution in [0.3, 0.4) is 0 Å². The lowest BCUT2D eigenvalue weighted by atomic mass is 10.1. The Balaban J connectivity index is 3.09. The zero-order chi connectivity index (χ0) is 16.2. The highest BCUT2D eigenvalue weighted by atomic mass is 19.1. The van der Waals surface area contributed by atoms with Crippen molar-refractivity contribution < 1.29 is 18.7 Å². The summed E-state index contributed by atoms with van der Waals surface area (Å²) in [7, 11) is 4.78. The van der Waals surface area contributed by atoms with Crippen LogP contribution in [0.25, 0.3) is 0 Å². The maximum absolute atomic E-state index is 14.0. The van der Waals surface area contributed by atoms with Crippen molar-refractivity contribution in [1.82, 2.24) is 4.90 Å². The molecule has 0 aliphatic rings. The highest BCUT2D eigenvalue weighted by Crippen LogP contribution is 2.25. The predicted molar refractivity (Wildman–Crippen MR) is 78.7 cm³/mol. The standard InChI is InChI=1S/C14H20FN3O3/c1-5-21-14(20)9-6-12(10(15)7-11(9)16)18(4)8-13(19)17(2)3/h6-7H,5,8,16H2,1-4H3. The average Bonchev–Trinajstić information content (AvgIpc) is 2.38. The number of nitrogens with zero attached hydrogens (tertiary/aromatic N) is 2. The van der Waals surface area contributed by atoms with Crippen molar-refractivity contribution in [2.75, 3.05) is 44.9 Å². The summed E-state index contributed by atoms with van der Waals surface area (Å²) >= 11 is 0. The van der Waals surface area contributed by atoms with Crippen LogP contribution in [-0.2, 0) is 9.53 Å². The Morgan fingerprint density at radius 1 is 1.29 bits per heavy atom. The molecule has 1 amide bonds. The molecule has 1 aromatic carbocycles. The minimum atomic E-state index is -0.622. The van der Waals surface area contributed by atoms with Gasteiger partial charge in [-0.1, -0.05) is 0 Å². The van der Waals surface area contributed by atoms with Crippen molar-refractivity contribution in [1.29, 1.82) is 0 Å². The first kappa shape index (κ1) is 16.7. The van der Waals surface area contributed by atoms with Crippen LogP contribution in [0.2, 0.25) is 0 Å². The Kier molecular flexibility index (Phi) is 5.52. The van der Waals surface area contributed by atoms with E-state index in [0.29, 0.717) is 0 Å². The topological polar surface area (TPSA) is 75.9 Å². The van der Waals surface area contributed by atoms with Crippen LogP contribution in [0.4, 0.5) is 15.8 Å². The Morgan fingerprint density at radius 2 is 1.90 bits per heavy atom. The van der Waals surface area contributed by atoms with Crippen LogP contribution < -0.4 is 10.6 Å². The third-order valence-electron chi connectivity index (χ3n) is 2.90. The number of rotatable bonds is 5. The van der Waals surface area contributed by atoms with Crippen LogP contribution in [-0.4, -0.2) is 51.1 Å². The van der Waals surface area contributed by atoms with E-state index >= 15 is 0 Å². The van der Waals surface area contributed by atoms with E-state index in [2.05, 4.69) is 0 Å². The lowest BCUT2D eigenvalue weighted by molar-refractivity contribution is -0.127. The fraction of sp³-hybridized carbons (Fsp3) is 0.429. The zero-order valence-electron chi connectivity index (χ0n) is 12.6. The van der Waals surface area contributed by atoms with E-state index in [1.807, 2.05) is 0 Å². The largest absolute Gasteiger partial charge is 0.462 e. The number of nitrogen functional groups attached to an aromatic ring is 1. The number of halogens is 1. The van der Waals surface area contributed by atoms with Crippen LogP contribution in [0, 0.1) is 5.82 Å². The number of hydrogen-bond acceptors (Lipinski definition) is 5. The van der Waals surface area contributed by atoms with Crippen LogP contribution >= 0.6 is 0 Å². The number of esters is 1. The van der Waals surface area contributed by atoms with Gasteiger partial charge in [0.05, 0.1) is 24.4 Å². The van der Waals surface area contributed by atoms with Gasteiger partial charge in [0, 0.05) is 26.8 Å². The summed E-state index contributed by atoms with van der Waals surface area (Å²) in [4.78, 5) is 26.3. The van der Waals surface area contributed by atoms with E-state index in [1.54, 1.807) is 28.1 Å². The summed E-state index contributed by atoms with van der Waals surface area (Å²) < 4.78 is 18.9. The van der Waals surface area contributed by atoms with Gasteiger partial charge in [0.1, 0.15) is 5.82 Å². The molecule has 0 aliphatic carbocycles. The molecule has 1 rings (SSSR count). The third-order valence-corrected chi connectivity index (χ3v) is 2.90. The normalized spacial score (nSPS) is 10.1. The SMILES string of the molecule is CCOC(=O)c1cc(N(C)CC(=O)N(C)C)c(F)cc1N. The summed E-state index contributed by atoms with van der Waals surface area (Å²) in [6.07, 6.45) is 0. The molecule has 0 fully saturated rings. The molecular formula is C14H20FN3O3. The first-order valence-corrected chi connectivity index (χ1v) is 6.45. The Hall–Kier alpha value is -2.31. The van der Waals surface area contributed by atoms with Gasteiger partial charge in [0.2, 0.25) is 5.91 Å². The molecule has 0 heterocycles. The monoisotopic (exact) mass is 297 g/mol. The maximum Gasteiger partial charge on any atom is 0.340 e. The van der Waals surface area contributed by atoms with Crippen LogP contribution in [0.5, 0.6) is 0 Å². The molecule has 0 spiro atoms. The molecule has 0 saturated carbocycles. The second-order valence-corrected chi connectivity index (χ2v) is 4.76. The number of carbonyl (C=O) groups is 2. The number of anilines is 2. The fourth-order valence-electron chi connectivity index (χ4n) is 1.68. The molecule has 6 nitrogen and oxygen atoms in total. The van der Waals surface area contributed by atoms with E-state index in [4.69, 9.17) is 10.5 Å². The maximum atomic E-state index is 14.0. The fourth-order valence-corrected chi connectivity index (χ4v) is 1.68. The van der Waals surface area contributed by atoms with Crippen LogP contribution in [0.1, 0.15) is 17.3 Å². The predicted octanol–water partition coefficient (Wildman–Crippen LogP) is 1.11. The minimum Gasteiger partial charge on any atom is -0.462 e. The van der Waals surface area contributed by atoms with Gasteiger partial charge in [0.15, 0.2) is 0 Å². The van der Waals surface area contributed by atoms with E-state index in [9.17, 15) is 14.0 Å². The van der Waals surface area contributed by atoms with Crippen molar-refractivity contribution >= 4 is 23.3 Å². The molecular weight excluding hydrogens is 277 g/mol. The second kappa shape index (κ2) is 6.92. The Labute approximate surface area is 123 Å². The smallest absolute Gasteiger partial charge is 0.340 e. The van der Waals surface area contributed by atoms with Gasteiger partial charge in [-0.15, -0.1) is 0 Å². The molecule has 2 N–H and O–H groups in total. The number of nitrogens with two attached hydrogens (primary N) is 1. The lowest BCUT2D eigenvalue weighted by Gasteiger charge is -2.22. The van der Waals surface area contributed by atoms with Gasteiger partial charge in [-0.3, -0.25) is 4.79 Å². The summed E-state index contributed by atoms with van der Waals surface area (Å²) in [5.41, 5.74) is 5.83. The van der Waals surface area contributed by atoms with Crippen molar-refractivity contribution in [3.8, 4) is 0 Å². The van der Waals surface area contributed by atoms with E-state index in [-0.39, 0.29) is 36.0 Å². The quantitative estimate of drug-likeness (QED) is 0.651. The third kappa shape index (κ3) is 4.08. The highest BCUT2D eigenvalue weighted by Gasteiger charge is 2.19. The average molecular weight is 297 g/mol. The van der Waals surface area contributed by atoms with Crippen molar-refractivity contribution in [2.45, 2.75) is 6.92 Å². The van der Waals surface area contributed by atoms with Gasteiger partial charge >= 0.3 is 5.97 Å². The molecule has 0 radical (unpaired) electrons.